The smallest absolute Gasteiger partial charge is 0.339 e. The van der Waals surface area contributed by atoms with Crippen LogP contribution in [0.25, 0.3) is 0 Å². The topological polar surface area (TPSA) is 60.4 Å². The van der Waals surface area contributed by atoms with Gasteiger partial charge in [-0.2, -0.15) is 0 Å². The van der Waals surface area contributed by atoms with Crippen molar-refractivity contribution in [2.75, 3.05) is 0 Å². The summed E-state index contributed by atoms with van der Waals surface area (Å²) in [7, 11) is 1.31. The lowest BCUT2D eigenvalue weighted by Gasteiger charge is -2.13. The first-order valence-corrected chi connectivity index (χ1v) is 9.29. The van der Waals surface area contributed by atoms with E-state index in [2.05, 4.69) is 15.9 Å². The molecule has 0 N–H and O–H groups in total. The van der Waals surface area contributed by atoms with Crippen LogP contribution in [0.4, 0.5) is 0 Å². The Morgan fingerprint density at radius 2 is 2.05 bits per heavy atom. The summed E-state index contributed by atoms with van der Waals surface area (Å²) >= 11 is 9.08. The Balaban J connectivity index is 3.17. The van der Waals surface area contributed by atoms with Gasteiger partial charge in [-0.1, -0.05) is 24.9 Å². The standard InChI is InChI=1S/C12H13BrCl2O4S/c1-3-4-7(2)19-12(16)9-5-8(20(15,17)18)6-10(13)11(9)14/h5-7H,3-4H2,1-2H3. The van der Waals surface area contributed by atoms with Gasteiger partial charge in [0, 0.05) is 15.2 Å². The number of benzene rings is 1. The average Bonchev–Trinajstić information content (AvgIpc) is 2.31. The maximum atomic E-state index is 12.0. The highest BCUT2D eigenvalue weighted by molar-refractivity contribution is 9.10. The molecule has 1 rings (SSSR count). The Labute approximate surface area is 135 Å². The molecule has 8 heteroatoms. The molecule has 1 atom stereocenters. The molecule has 20 heavy (non-hydrogen) atoms. The zero-order chi connectivity index (χ0) is 15.5. The molecule has 0 amide bonds. The van der Waals surface area contributed by atoms with Crippen LogP contribution in [-0.2, 0) is 13.8 Å². The van der Waals surface area contributed by atoms with Crippen LogP contribution < -0.4 is 0 Å². The summed E-state index contributed by atoms with van der Waals surface area (Å²) in [5.74, 6) is -0.682. The van der Waals surface area contributed by atoms with E-state index < -0.39 is 15.0 Å². The van der Waals surface area contributed by atoms with Gasteiger partial charge in [0.2, 0.25) is 0 Å². The number of carbonyl (C=O) groups excluding carboxylic acids is 1. The zero-order valence-electron chi connectivity index (χ0n) is 10.8. The van der Waals surface area contributed by atoms with Crippen molar-refractivity contribution in [1.82, 2.24) is 0 Å². The van der Waals surface area contributed by atoms with Crippen molar-refractivity contribution in [3.63, 3.8) is 0 Å². The highest BCUT2D eigenvalue weighted by atomic mass is 79.9. The van der Waals surface area contributed by atoms with Crippen LogP contribution in [0.5, 0.6) is 0 Å². The van der Waals surface area contributed by atoms with Crippen LogP contribution in [0.2, 0.25) is 5.02 Å². The Bertz CT molecular complexity index is 616. The second kappa shape index (κ2) is 7.11. The molecule has 1 aromatic rings. The van der Waals surface area contributed by atoms with Crippen LogP contribution >= 0.6 is 38.2 Å². The third-order valence-corrected chi connectivity index (χ3v) is 5.10. The van der Waals surface area contributed by atoms with Crippen molar-refractivity contribution in [3.8, 4) is 0 Å². The fraction of sp³-hybridized carbons (Fsp3) is 0.417. The SMILES string of the molecule is CCCC(C)OC(=O)c1cc(S(=O)(=O)Cl)cc(Br)c1Cl. The van der Waals surface area contributed by atoms with Crippen molar-refractivity contribution in [2.45, 2.75) is 37.7 Å². The highest BCUT2D eigenvalue weighted by Gasteiger charge is 2.21. The van der Waals surface area contributed by atoms with Crippen LogP contribution in [0, 0.1) is 0 Å². The summed E-state index contributed by atoms with van der Waals surface area (Å²) in [6, 6.07) is 2.34. The predicted octanol–water partition coefficient (Wildman–Crippen LogP) is 4.38. The molecule has 4 nitrogen and oxygen atoms in total. The molecule has 1 aromatic carbocycles. The molecule has 112 valence electrons. The monoisotopic (exact) mass is 402 g/mol. The minimum absolute atomic E-state index is 0.0387. The Kier molecular flexibility index (Phi) is 6.31. The van der Waals surface area contributed by atoms with Gasteiger partial charge in [0.25, 0.3) is 9.05 Å². The Morgan fingerprint density at radius 3 is 2.55 bits per heavy atom. The summed E-state index contributed by atoms with van der Waals surface area (Å²) in [6.07, 6.45) is 1.29. The molecule has 0 aromatic heterocycles. The van der Waals surface area contributed by atoms with Crippen molar-refractivity contribution in [3.05, 3.63) is 27.2 Å². The number of hydrogen-bond donors (Lipinski definition) is 0. The second-order valence-corrected chi connectivity index (χ2v) is 8.01. The van der Waals surface area contributed by atoms with Gasteiger partial charge >= 0.3 is 5.97 Å². The average molecular weight is 404 g/mol. The van der Waals surface area contributed by atoms with Gasteiger partial charge in [-0.05, 0) is 41.4 Å². The summed E-state index contributed by atoms with van der Waals surface area (Å²) in [5, 5.41) is 0.0859. The van der Waals surface area contributed by atoms with E-state index in [1.54, 1.807) is 6.92 Å². The molecule has 0 spiro atoms. The third-order valence-electron chi connectivity index (χ3n) is 2.51. The molecule has 0 bridgehead atoms. The molecular weight excluding hydrogens is 391 g/mol. The largest absolute Gasteiger partial charge is 0.459 e. The predicted molar refractivity (Wildman–Crippen MR) is 82.0 cm³/mol. The molecule has 0 radical (unpaired) electrons. The van der Waals surface area contributed by atoms with Crippen LogP contribution in [0.1, 0.15) is 37.0 Å². The Morgan fingerprint density at radius 1 is 1.45 bits per heavy atom. The van der Waals surface area contributed by atoms with Crippen molar-refractivity contribution >= 4 is 53.2 Å². The number of ether oxygens (including phenoxy) is 1. The number of esters is 1. The van der Waals surface area contributed by atoms with Gasteiger partial charge in [0.15, 0.2) is 0 Å². The van der Waals surface area contributed by atoms with Gasteiger partial charge in [-0.3, -0.25) is 0 Å². The molecule has 0 aliphatic heterocycles. The minimum atomic E-state index is -3.96. The normalized spacial score (nSPS) is 13.1. The van der Waals surface area contributed by atoms with E-state index in [1.165, 1.54) is 6.07 Å². The minimum Gasteiger partial charge on any atom is -0.459 e. The summed E-state index contributed by atoms with van der Waals surface area (Å²) in [4.78, 5) is 11.8. The first kappa shape index (κ1) is 17.8. The number of hydrogen-bond acceptors (Lipinski definition) is 4. The first-order valence-electron chi connectivity index (χ1n) is 5.81. The fourth-order valence-electron chi connectivity index (χ4n) is 1.57. The molecular formula is C12H13BrCl2O4S. The van der Waals surface area contributed by atoms with E-state index >= 15 is 0 Å². The number of rotatable bonds is 5. The molecule has 0 fully saturated rings. The molecule has 0 saturated carbocycles. The molecule has 0 saturated heterocycles. The zero-order valence-corrected chi connectivity index (χ0v) is 14.7. The van der Waals surface area contributed by atoms with E-state index in [0.29, 0.717) is 6.42 Å². The van der Waals surface area contributed by atoms with E-state index in [-0.39, 0.29) is 26.1 Å². The van der Waals surface area contributed by atoms with Crippen LogP contribution in [0.15, 0.2) is 21.5 Å². The summed E-state index contributed by atoms with van der Waals surface area (Å²) in [6.45, 7) is 3.72. The molecule has 0 aliphatic rings. The summed E-state index contributed by atoms with van der Waals surface area (Å²) in [5.41, 5.74) is -0.0387. The molecule has 0 aliphatic carbocycles. The maximum Gasteiger partial charge on any atom is 0.339 e. The van der Waals surface area contributed by atoms with Crippen molar-refractivity contribution in [1.29, 1.82) is 0 Å². The molecule has 0 heterocycles. The van der Waals surface area contributed by atoms with Gasteiger partial charge < -0.3 is 4.74 Å². The van der Waals surface area contributed by atoms with E-state index in [9.17, 15) is 13.2 Å². The third kappa shape index (κ3) is 4.62. The lowest BCUT2D eigenvalue weighted by atomic mass is 10.2. The van der Waals surface area contributed by atoms with Crippen LogP contribution in [0.3, 0.4) is 0 Å². The lowest BCUT2D eigenvalue weighted by molar-refractivity contribution is 0.0323. The van der Waals surface area contributed by atoms with E-state index in [1.807, 2.05) is 6.92 Å². The summed E-state index contributed by atoms with van der Waals surface area (Å²) < 4.78 is 28.1. The maximum absolute atomic E-state index is 12.0. The number of carbonyl (C=O) groups is 1. The lowest BCUT2D eigenvalue weighted by Crippen LogP contribution is -2.15. The quantitative estimate of drug-likeness (QED) is 0.540. The Hall–Kier alpha value is -0.300. The second-order valence-electron chi connectivity index (χ2n) is 4.21. The van der Waals surface area contributed by atoms with Crippen LogP contribution in [-0.4, -0.2) is 20.5 Å². The molecule has 1 unspecified atom stereocenters. The van der Waals surface area contributed by atoms with Crippen molar-refractivity contribution in [2.24, 2.45) is 0 Å². The fourth-order valence-corrected chi connectivity index (χ4v) is 3.15. The van der Waals surface area contributed by atoms with E-state index in [4.69, 9.17) is 27.0 Å². The highest BCUT2D eigenvalue weighted by Crippen LogP contribution is 2.31. The first-order chi connectivity index (χ1) is 9.16. The van der Waals surface area contributed by atoms with Crippen molar-refractivity contribution < 1.29 is 17.9 Å². The van der Waals surface area contributed by atoms with Gasteiger partial charge in [0.05, 0.1) is 21.6 Å². The van der Waals surface area contributed by atoms with Gasteiger partial charge in [-0.15, -0.1) is 0 Å². The number of halogens is 3. The van der Waals surface area contributed by atoms with Gasteiger partial charge in [0.1, 0.15) is 0 Å². The van der Waals surface area contributed by atoms with E-state index in [0.717, 1.165) is 12.5 Å². The van der Waals surface area contributed by atoms with Gasteiger partial charge in [-0.25, -0.2) is 13.2 Å².